The minimum absolute atomic E-state index is 0.561. The number of hydrogen-bond donors (Lipinski definition) is 1. The summed E-state index contributed by atoms with van der Waals surface area (Å²) in [6, 6.07) is 9.41. The monoisotopic (exact) mass is 291 g/mol. The van der Waals surface area contributed by atoms with E-state index < -0.39 is 0 Å². The Hall–Kier alpha value is -0.900. The molecular formula is C18H29NO2. The Labute approximate surface area is 129 Å². The standard InChI is InChI=1S/C18H29NO2/c1-3-9-19-17(8-10-21-12-11-20-2)14-16-13-15-6-4-5-7-18(15)16/h4-7,16-17,19H,3,8-14H2,1-2H3. The van der Waals surface area contributed by atoms with Gasteiger partial charge in [0.25, 0.3) is 0 Å². The van der Waals surface area contributed by atoms with Crippen molar-refractivity contribution < 1.29 is 9.47 Å². The molecule has 0 aliphatic heterocycles. The summed E-state index contributed by atoms with van der Waals surface area (Å²) in [5.74, 6) is 0.731. The topological polar surface area (TPSA) is 30.5 Å². The van der Waals surface area contributed by atoms with Gasteiger partial charge in [0.15, 0.2) is 0 Å². The van der Waals surface area contributed by atoms with Crippen LogP contribution in [0.15, 0.2) is 24.3 Å². The summed E-state index contributed by atoms with van der Waals surface area (Å²) < 4.78 is 10.6. The van der Waals surface area contributed by atoms with E-state index in [0.29, 0.717) is 19.3 Å². The average molecular weight is 291 g/mol. The molecule has 2 atom stereocenters. The number of methoxy groups -OCH3 is 1. The normalized spacial score (nSPS) is 18.1. The van der Waals surface area contributed by atoms with Gasteiger partial charge in [0.1, 0.15) is 0 Å². The van der Waals surface area contributed by atoms with Crippen molar-refractivity contribution in [3.05, 3.63) is 35.4 Å². The van der Waals surface area contributed by atoms with E-state index in [1.807, 2.05) is 0 Å². The number of hydrogen-bond acceptors (Lipinski definition) is 3. The second-order valence-electron chi connectivity index (χ2n) is 5.88. The summed E-state index contributed by atoms with van der Waals surface area (Å²) in [4.78, 5) is 0. The summed E-state index contributed by atoms with van der Waals surface area (Å²) in [5, 5.41) is 3.68. The Bertz CT molecular complexity index is 408. The molecule has 2 rings (SSSR count). The lowest BCUT2D eigenvalue weighted by Gasteiger charge is -2.33. The molecule has 0 saturated carbocycles. The Morgan fingerprint density at radius 2 is 2.10 bits per heavy atom. The Balaban J connectivity index is 1.74. The predicted molar refractivity (Wildman–Crippen MR) is 86.9 cm³/mol. The highest BCUT2D eigenvalue weighted by atomic mass is 16.5. The molecule has 3 heteroatoms. The second-order valence-corrected chi connectivity index (χ2v) is 5.88. The molecule has 0 radical (unpaired) electrons. The van der Waals surface area contributed by atoms with Crippen molar-refractivity contribution in [3.8, 4) is 0 Å². The first-order valence-corrected chi connectivity index (χ1v) is 8.23. The molecule has 1 aromatic rings. The fourth-order valence-electron chi connectivity index (χ4n) is 3.04. The van der Waals surface area contributed by atoms with Crippen LogP contribution < -0.4 is 5.32 Å². The van der Waals surface area contributed by atoms with E-state index in [4.69, 9.17) is 9.47 Å². The highest BCUT2D eigenvalue weighted by Crippen LogP contribution is 2.38. The lowest BCUT2D eigenvalue weighted by Crippen LogP contribution is -2.35. The Morgan fingerprint density at radius 1 is 1.24 bits per heavy atom. The van der Waals surface area contributed by atoms with Crippen LogP contribution in [0.2, 0.25) is 0 Å². The fraction of sp³-hybridized carbons (Fsp3) is 0.667. The van der Waals surface area contributed by atoms with Gasteiger partial charge in [-0.25, -0.2) is 0 Å². The van der Waals surface area contributed by atoms with Crippen LogP contribution in [0.1, 0.15) is 43.2 Å². The molecule has 0 fully saturated rings. The molecule has 21 heavy (non-hydrogen) atoms. The van der Waals surface area contributed by atoms with Gasteiger partial charge in [0, 0.05) is 19.8 Å². The van der Waals surface area contributed by atoms with Gasteiger partial charge in [-0.05, 0) is 49.3 Å². The minimum Gasteiger partial charge on any atom is -0.382 e. The Kier molecular flexibility index (Phi) is 7.20. The van der Waals surface area contributed by atoms with Crippen molar-refractivity contribution in [2.24, 2.45) is 0 Å². The molecule has 0 saturated heterocycles. The highest BCUT2D eigenvalue weighted by molar-refractivity contribution is 5.39. The van der Waals surface area contributed by atoms with E-state index in [1.54, 1.807) is 12.7 Å². The molecule has 0 amide bonds. The van der Waals surface area contributed by atoms with Gasteiger partial charge in [-0.3, -0.25) is 0 Å². The van der Waals surface area contributed by atoms with Crippen molar-refractivity contribution in [3.63, 3.8) is 0 Å². The van der Waals surface area contributed by atoms with Crippen LogP contribution in [0, 0.1) is 0 Å². The van der Waals surface area contributed by atoms with Crippen molar-refractivity contribution in [1.82, 2.24) is 5.32 Å². The third kappa shape index (κ3) is 5.10. The summed E-state index contributed by atoms with van der Waals surface area (Å²) in [5.41, 5.74) is 3.09. The highest BCUT2D eigenvalue weighted by Gasteiger charge is 2.27. The Morgan fingerprint density at radius 3 is 2.86 bits per heavy atom. The summed E-state index contributed by atoms with van der Waals surface area (Å²) in [6.07, 6.45) is 4.74. The number of nitrogens with one attached hydrogen (secondary N) is 1. The van der Waals surface area contributed by atoms with E-state index >= 15 is 0 Å². The first-order chi connectivity index (χ1) is 10.3. The van der Waals surface area contributed by atoms with Crippen LogP contribution in [0.25, 0.3) is 0 Å². The smallest absolute Gasteiger partial charge is 0.0700 e. The predicted octanol–water partition coefficient (Wildman–Crippen LogP) is 3.14. The van der Waals surface area contributed by atoms with Gasteiger partial charge in [-0.15, -0.1) is 0 Å². The van der Waals surface area contributed by atoms with Gasteiger partial charge in [-0.1, -0.05) is 31.2 Å². The lowest BCUT2D eigenvalue weighted by atomic mass is 9.74. The molecule has 118 valence electrons. The third-order valence-corrected chi connectivity index (χ3v) is 4.26. The molecule has 1 aliphatic carbocycles. The zero-order valence-corrected chi connectivity index (χ0v) is 13.4. The van der Waals surface area contributed by atoms with Gasteiger partial charge < -0.3 is 14.8 Å². The largest absolute Gasteiger partial charge is 0.382 e. The van der Waals surface area contributed by atoms with Gasteiger partial charge in [0.2, 0.25) is 0 Å². The molecule has 3 nitrogen and oxygen atoms in total. The van der Waals surface area contributed by atoms with Gasteiger partial charge in [-0.2, -0.15) is 0 Å². The molecule has 0 spiro atoms. The third-order valence-electron chi connectivity index (χ3n) is 4.26. The van der Waals surface area contributed by atoms with Crippen molar-refractivity contribution in [1.29, 1.82) is 0 Å². The second kappa shape index (κ2) is 9.19. The van der Waals surface area contributed by atoms with Gasteiger partial charge >= 0.3 is 0 Å². The molecule has 0 bridgehead atoms. The maximum absolute atomic E-state index is 5.62. The van der Waals surface area contributed by atoms with Crippen LogP contribution >= 0.6 is 0 Å². The first kappa shape index (κ1) is 16.5. The van der Waals surface area contributed by atoms with Crippen LogP contribution in [0.3, 0.4) is 0 Å². The number of ether oxygens (including phenoxy) is 2. The van der Waals surface area contributed by atoms with Crippen molar-refractivity contribution >= 4 is 0 Å². The van der Waals surface area contributed by atoms with E-state index in [2.05, 4.69) is 36.5 Å². The van der Waals surface area contributed by atoms with E-state index in [-0.39, 0.29) is 0 Å². The SMILES string of the molecule is CCCNC(CCOCCOC)CC1Cc2ccccc21. The van der Waals surface area contributed by atoms with Crippen molar-refractivity contribution in [2.75, 3.05) is 33.5 Å². The number of benzene rings is 1. The molecule has 1 aromatic carbocycles. The zero-order valence-electron chi connectivity index (χ0n) is 13.4. The molecule has 0 heterocycles. The number of rotatable bonds is 11. The van der Waals surface area contributed by atoms with Gasteiger partial charge in [0.05, 0.1) is 13.2 Å². The van der Waals surface area contributed by atoms with E-state index in [0.717, 1.165) is 25.5 Å². The molecule has 1 aliphatic rings. The molecular weight excluding hydrogens is 262 g/mol. The summed E-state index contributed by atoms with van der Waals surface area (Å²) in [7, 11) is 1.71. The average Bonchev–Trinajstić information content (AvgIpc) is 2.49. The lowest BCUT2D eigenvalue weighted by molar-refractivity contribution is 0.0650. The fourth-order valence-corrected chi connectivity index (χ4v) is 3.04. The van der Waals surface area contributed by atoms with Crippen LogP contribution in [0.5, 0.6) is 0 Å². The molecule has 0 aromatic heterocycles. The van der Waals surface area contributed by atoms with Crippen molar-refractivity contribution in [2.45, 2.75) is 44.6 Å². The zero-order chi connectivity index (χ0) is 14.9. The van der Waals surface area contributed by atoms with Crippen LogP contribution in [0.4, 0.5) is 0 Å². The first-order valence-electron chi connectivity index (χ1n) is 8.23. The quantitative estimate of drug-likeness (QED) is 0.635. The minimum atomic E-state index is 0.561. The van der Waals surface area contributed by atoms with Crippen LogP contribution in [-0.4, -0.2) is 39.5 Å². The van der Waals surface area contributed by atoms with Crippen LogP contribution in [-0.2, 0) is 15.9 Å². The van der Waals surface area contributed by atoms with E-state index in [9.17, 15) is 0 Å². The maximum Gasteiger partial charge on any atom is 0.0700 e. The summed E-state index contributed by atoms with van der Waals surface area (Å²) in [6.45, 7) is 5.51. The summed E-state index contributed by atoms with van der Waals surface area (Å²) >= 11 is 0. The van der Waals surface area contributed by atoms with E-state index in [1.165, 1.54) is 24.8 Å². The molecule has 2 unspecified atom stereocenters. The maximum atomic E-state index is 5.62. The molecule has 1 N–H and O–H groups in total. The number of fused-ring (bicyclic) bond motifs is 1.